The topological polar surface area (TPSA) is 66.6 Å². The van der Waals surface area contributed by atoms with E-state index in [1.54, 1.807) is 0 Å². The Morgan fingerprint density at radius 2 is 1.89 bits per heavy atom. The summed E-state index contributed by atoms with van der Waals surface area (Å²) in [7, 11) is 0. The third-order valence-electron chi connectivity index (χ3n) is 5.61. The highest BCUT2D eigenvalue weighted by Gasteiger charge is 2.30. The van der Waals surface area contributed by atoms with Gasteiger partial charge >= 0.3 is 0 Å². The van der Waals surface area contributed by atoms with E-state index >= 15 is 0 Å². The molecule has 2 fully saturated rings. The molecule has 7 heteroatoms. The fourth-order valence-corrected chi connectivity index (χ4v) is 3.85. The van der Waals surface area contributed by atoms with Gasteiger partial charge in [-0.15, -0.1) is 15.3 Å². The average molecular weight is 376 g/mol. The number of piperazine rings is 1. The summed E-state index contributed by atoms with van der Waals surface area (Å²) < 4.78 is 1.89. The van der Waals surface area contributed by atoms with E-state index in [0.29, 0.717) is 12.3 Å². The van der Waals surface area contributed by atoms with Crippen LogP contribution in [0.4, 0.5) is 5.82 Å². The summed E-state index contributed by atoms with van der Waals surface area (Å²) in [6, 6.07) is 12.2. The second kappa shape index (κ2) is 6.89. The molecule has 0 radical (unpaired) electrons. The molecule has 0 spiro atoms. The standard InChI is InChI=1S/C21H24N6O/c1-15-3-2-4-16(13-15)14-20(28)26-11-9-25(10-12-26)19-8-7-18-22-23-21(17-5-6-17)27(18)24-19/h2-4,7-8,13,17H,5-6,9-12,14H2,1H3. The highest BCUT2D eigenvalue weighted by atomic mass is 16.2. The molecular formula is C21H24N6O. The molecule has 0 atom stereocenters. The highest BCUT2D eigenvalue weighted by Crippen LogP contribution is 2.38. The van der Waals surface area contributed by atoms with Gasteiger partial charge in [0.1, 0.15) is 5.82 Å². The summed E-state index contributed by atoms with van der Waals surface area (Å²) >= 11 is 0. The molecule has 3 aromatic rings. The molecule has 2 aromatic heterocycles. The normalized spacial score (nSPS) is 17.3. The summed E-state index contributed by atoms with van der Waals surface area (Å²) in [6.45, 7) is 5.09. The van der Waals surface area contributed by atoms with E-state index in [1.807, 2.05) is 33.7 Å². The number of nitrogens with zero attached hydrogens (tertiary/aromatic N) is 6. The molecule has 0 bridgehead atoms. The van der Waals surface area contributed by atoms with Crippen molar-refractivity contribution < 1.29 is 4.79 Å². The molecule has 7 nitrogen and oxygen atoms in total. The van der Waals surface area contributed by atoms with E-state index < -0.39 is 0 Å². The molecule has 28 heavy (non-hydrogen) atoms. The second-order valence-corrected chi connectivity index (χ2v) is 7.83. The SMILES string of the molecule is Cc1cccc(CC(=O)N2CCN(c3ccc4nnc(C5CC5)n4n3)CC2)c1. The summed E-state index contributed by atoms with van der Waals surface area (Å²) in [4.78, 5) is 16.9. The van der Waals surface area contributed by atoms with E-state index in [9.17, 15) is 4.79 Å². The number of rotatable bonds is 4. The number of carbonyl (C=O) groups excluding carboxylic acids is 1. The maximum absolute atomic E-state index is 12.7. The van der Waals surface area contributed by atoms with Crippen molar-refractivity contribution in [3.05, 3.63) is 53.3 Å². The van der Waals surface area contributed by atoms with E-state index in [2.05, 4.69) is 34.2 Å². The van der Waals surface area contributed by atoms with Crippen molar-refractivity contribution in [3.63, 3.8) is 0 Å². The summed E-state index contributed by atoms with van der Waals surface area (Å²) in [5, 5.41) is 13.3. The third-order valence-corrected chi connectivity index (χ3v) is 5.61. The zero-order valence-corrected chi connectivity index (χ0v) is 16.1. The van der Waals surface area contributed by atoms with Crippen LogP contribution in [0.2, 0.25) is 0 Å². The summed E-state index contributed by atoms with van der Waals surface area (Å²) in [6.07, 6.45) is 2.82. The molecule has 2 aliphatic rings. The first-order valence-electron chi connectivity index (χ1n) is 9.98. The molecule has 1 aliphatic carbocycles. The molecular weight excluding hydrogens is 352 g/mol. The molecule has 144 valence electrons. The van der Waals surface area contributed by atoms with Gasteiger partial charge < -0.3 is 9.80 Å². The molecule has 1 aromatic carbocycles. The first-order valence-corrected chi connectivity index (χ1v) is 9.98. The second-order valence-electron chi connectivity index (χ2n) is 7.83. The van der Waals surface area contributed by atoms with E-state index in [0.717, 1.165) is 49.0 Å². The van der Waals surface area contributed by atoms with Crippen molar-refractivity contribution in [3.8, 4) is 0 Å². The van der Waals surface area contributed by atoms with Crippen molar-refractivity contribution in [1.29, 1.82) is 0 Å². The van der Waals surface area contributed by atoms with E-state index in [1.165, 1.54) is 18.4 Å². The minimum Gasteiger partial charge on any atom is -0.352 e. The molecule has 5 rings (SSSR count). The minimum atomic E-state index is 0.198. The molecule has 1 aliphatic heterocycles. The highest BCUT2D eigenvalue weighted by molar-refractivity contribution is 5.79. The van der Waals surface area contributed by atoms with Gasteiger partial charge in [-0.2, -0.15) is 4.52 Å². The number of aryl methyl sites for hydroxylation is 1. The Morgan fingerprint density at radius 1 is 1.07 bits per heavy atom. The van der Waals surface area contributed by atoms with E-state index in [4.69, 9.17) is 5.10 Å². The Labute approximate surface area is 164 Å². The van der Waals surface area contributed by atoms with Crippen LogP contribution in [0, 0.1) is 6.92 Å². The Balaban J connectivity index is 1.25. The average Bonchev–Trinajstić information content (AvgIpc) is 3.47. The van der Waals surface area contributed by atoms with Gasteiger partial charge in [-0.3, -0.25) is 4.79 Å². The lowest BCUT2D eigenvalue weighted by Crippen LogP contribution is -2.49. The van der Waals surface area contributed by atoms with Gasteiger partial charge in [0.05, 0.1) is 6.42 Å². The Kier molecular flexibility index (Phi) is 4.22. The lowest BCUT2D eigenvalue weighted by molar-refractivity contribution is -0.130. The van der Waals surface area contributed by atoms with Gasteiger partial charge in [0, 0.05) is 32.1 Å². The quantitative estimate of drug-likeness (QED) is 0.698. The smallest absolute Gasteiger partial charge is 0.227 e. The molecule has 1 saturated carbocycles. The molecule has 1 amide bonds. The summed E-state index contributed by atoms with van der Waals surface area (Å²) in [5.41, 5.74) is 3.08. The minimum absolute atomic E-state index is 0.198. The Bertz CT molecular complexity index is 1020. The number of aromatic nitrogens is 4. The monoisotopic (exact) mass is 376 g/mol. The number of amides is 1. The Morgan fingerprint density at radius 3 is 2.64 bits per heavy atom. The Hall–Kier alpha value is -2.96. The van der Waals surface area contributed by atoms with Gasteiger partial charge in [0.25, 0.3) is 0 Å². The van der Waals surface area contributed by atoms with E-state index in [-0.39, 0.29) is 5.91 Å². The van der Waals surface area contributed by atoms with Crippen molar-refractivity contribution in [2.45, 2.75) is 32.1 Å². The zero-order chi connectivity index (χ0) is 19.1. The van der Waals surface area contributed by atoms with Crippen molar-refractivity contribution in [1.82, 2.24) is 24.7 Å². The van der Waals surface area contributed by atoms with Crippen molar-refractivity contribution in [2.75, 3.05) is 31.1 Å². The van der Waals surface area contributed by atoms with Gasteiger partial charge in [-0.25, -0.2) is 0 Å². The zero-order valence-electron chi connectivity index (χ0n) is 16.1. The number of hydrogen-bond acceptors (Lipinski definition) is 5. The number of fused-ring (bicyclic) bond motifs is 1. The van der Waals surface area contributed by atoms with Crippen LogP contribution in [-0.2, 0) is 11.2 Å². The van der Waals surface area contributed by atoms with Crippen LogP contribution in [0.15, 0.2) is 36.4 Å². The molecule has 1 saturated heterocycles. The maximum atomic E-state index is 12.7. The third kappa shape index (κ3) is 3.32. The molecule has 0 N–H and O–H groups in total. The number of benzene rings is 1. The van der Waals surface area contributed by atoms with Gasteiger partial charge in [-0.1, -0.05) is 29.8 Å². The first kappa shape index (κ1) is 17.2. The molecule has 3 heterocycles. The van der Waals surface area contributed by atoms with Crippen LogP contribution in [0.25, 0.3) is 5.65 Å². The van der Waals surface area contributed by atoms with Crippen LogP contribution in [0.5, 0.6) is 0 Å². The predicted octanol–water partition coefficient (Wildman–Crippen LogP) is 2.20. The number of anilines is 1. The van der Waals surface area contributed by atoms with Crippen LogP contribution in [0.3, 0.4) is 0 Å². The van der Waals surface area contributed by atoms with Crippen molar-refractivity contribution >= 4 is 17.4 Å². The van der Waals surface area contributed by atoms with Crippen LogP contribution in [-0.4, -0.2) is 56.8 Å². The van der Waals surface area contributed by atoms with Gasteiger partial charge in [0.2, 0.25) is 5.91 Å². The van der Waals surface area contributed by atoms with Gasteiger partial charge in [-0.05, 0) is 37.5 Å². The fourth-order valence-electron chi connectivity index (χ4n) is 3.85. The largest absolute Gasteiger partial charge is 0.352 e. The fraction of sp³-hybridized carbons (Fsp3) is 0.429. The van der Waals surface area contributed by atoms with Gasteiger partial charge in [0.15, 0.2) is 11.5 Å². The van der Waals surface area contributed by atoms with Crippen LogP contribution >= 0.6 is 0 Å². The van der Waals surface area contributed by atoms with Crippen LogP contribution in [0.1, 0.15) is 35.7 Å². The lowest BCUT2D eigenvalue weighted by atomic mass is 10.1. The predicted molar refractivity (Wildman–Crippen MR) is 106 cm³/mol. The van der Waals surface area contributed by atoms with Crippen LogP contribution < -0.4 is 4.90 Å². The maximum Gasteiger partial charge on any atom is 0.227 e. The number of carbonyl (C=O) groups is 1. The van der Waals surface area contributed by atoms with Crippen molar-refractivity contribution in [2.24, 2.45) is 0 Å². The lowest BCUT2D eigenvalue weighted by Gasteiger charge is -2.35. The number of hydrogen-bond donors (Lipinski definition) is 0. The summed E-state index contributed by atoms with van der Waals surface area (Å²) in [5.74, 6) is 2.61. The molecule has 0 unspecified atom stereocenters. The first-order chi connectivity index (χ1) is 13.7.